The van der Waals surface area contributed by atoms with Gasteiger partial charge in [-0.25, -0.2) is 8.42 Å². The zero-order valence-corrected chi connectivity index (χ0v) is 14.4. The molecule has 1 aromatic carbocycles. The molecule has 1 aliphatic heterocycles. The predicted molar refractivity (Wildman–Crippen MR) is 86.7 cm³/mol. The van der Waals surface area contributed by atoms with Crippen LogP contribution in [0, 0.1) is 0 Å². The average Bonchev–Trinajstić information content (AvgIpc) is 2.45. The van der Waals surface area contributed by atoms with Crippen molar-refractivity contribution >= 4 is 15.7 Å². The minimum atomic E-state index is -3.48. The highest BCUT2D eigenvalue weighted by Crippen LogP contribution is 2.22. The lowest BCUT2D eigenvalue weighted by molar-refractivity contribution is 0.0670. The number of nitrogens with one attached hydrogen (secondary N) is 1. The zero-order valence-electron chi connectivity index (χ0n) is 13.5. The number of rotatable bonds is 3. The second kappa shape index (κ2) is 6.38. The van der Waals surface area contributed by atoms with Crippen molar-refractivity contribution in [1.29, 1.82) is 0 Å². The molecule has 122 valence electrons. The van der Waals surface area contributed by atoms with Crippen LogP contribution >= 0.6 is 0 Å². The molecule has 5 nitrogen and oxygen atoms in total. The van der Waals surface area contributed by atoms with Gasteiger partial charge in [0.15, 0.2) is 9.84 Å². The van der Waals surface area contributed by atoms with Crippen LogP contribution < -0.4 is 5.32 Å². The van der Waals surface area contributed by atoms with Gasteiger partial charge in [0.05, 0.1) is 15.7 Å². The molecule has 0 aromatic heterocycles. The molecule has 2 atom stereocenters. The number of amides is 1. The summed E-state index contributed by atoms with van der Waals surface area (Å²) in [5.41, 5.74) is 0.275. The van der Waals surface area contributed by atoms with Crippen molar-refractivity contribution < 1.29 is 13.2 Å². The smallest absolute Gasteiger partial charge is 0.255 e. The molecule has 1 saturated heterocycles. The van der Waals surface area contributed by atoms with Gasteiger partial charge in [0, 0.05) is 25.2 Å². The molecule has 1 aliphatic rings. The summed E-state index contributed by atoms with van der Waals surface area (Å²) in [7, 11) is -3.48. The molecular weight excluding hydrogens is 300 g/mol. The monoisotopic (exact) mass is 324 g/mol. The number of carbonyl (C=O) groups excluding carboxylic acids is 1. The van der Waals surface area contributed by atoms with Crippen molar-refractivity contribution in [3.63, 3.8) is 0 Å². The maximum Gasteiger partial charge on any atom is 0.255 e. The van der Waals surface area contributed by atoms with Gasteiger partial charge in [0.1, 0.15) is 0 Å². The maximum atomic E-state index is 12.8. The van der Waals surface area contributed by atoms with Gasteiger partial charge >= 0.3 is 0 Å². The molecule has 0 saturated carbocycles. The van der Waals surface area contributed by atoms with E-state index in [4.69, 9.17) is 0 Å². The molecule has 0 bridgehead atoms. The minimum absolute atomic E-state index is 0.133. The van der Waals surface area contributed by atoms with Crippen LogP contribution in [-0.2, 0) is 9.84 Å². The zero-order chi connectivity index (χ0) is 16.5. The second-order valence-electron chi connectivity index (χ2n) is 6.27. The normalized spacial score (nSPS) is 22.9. The molecule has 0 aliphatic carbocycles. The number of nitrogens with zero attached hydrogens (tertiary/aromatic N) is 1. The molecule has 0 radical (unpaired) electrons. The lowest BCUT2D eigenvalue weighted by atomic mass is 10.1. The van der Waals surface area contributed by atoms with E-state index in [1.807, 2.05) is 13.8 Å². The number of piperazine rings is 1. The third kappa shape index (κ3) is 3.33. The van der Waals surface area contributed by atoms with Crippen LogP contribution in [0.3, 0.4) is 0 Å². The Hall–Kier alpha value is -1.40. The van der Waals surface area contributed by atoms with E-state index in [0.717, 1.165) is 0 Å². The Balaban J connectivity index is 2.39. The fraction of sp³-hybridized carbons (Fsp3) is 0.562. The molecule has 2 rings (SSSR count). The van der Waals surface area contributed by atoms with Crippen molar-refractivity contribution in [3.05, 3.63) is 29.8 Å². The van der Waals surface area contributed by atoms with Crippen LogP contribution in [-0.4, -0.2) is 49.6 Å². The fourth-order valence-electron chi connectivity index (χ4n) is 2.81. The van der Waals surface area contributed by atoms with Crippen molar-refractivity contribution in [2.45, 2.75) is 49.9 Å². The minimum Gasteiger partial charge on any atom is -0.336 e. The summed E-state index contributed by atoms with van der Waals surface area (Å²) in [6, 6.07) is 6.90. The summed E-state index contributed by atoms with van der Waals surface area (Å²) in [6.07, 6.45) is 0. The second-order valence-corrected chi connectivity index (χ2v) is 8.74. The van der Waals surface area contributed by atoms with Crippen LogP contribution in [0.25, 0.3) is 0 Å². The van der Waals surface area contributed by atoms with Crippen molar-refractivity contribution in [2.75, 3.05) is 13.1 Å². The van der Waals surface area contributed by atoms with E-state index >= 15 is 0 Å². The molecule has 1 aromatic rings. The molecule has 2 unspecified atom stereocenters. The summed E-state index contributed by atoms with van der Waals surface area (Å²) < 4.78 is 25.0. The molecule has 1 fully saturated rings. The molecule has 1 amide bonds. The quantitative estimate of drug-likeness (QED) is 0.919. The molecule has 0 spiro atoms. The van der Waals surface area contributed by atoms with Crippen LogP contribution in [0.4, 0.5) is 0 Å². The van der Waals surface area contributed by atoms with Gasteiger partial charge in [0.25, 0.3) is 5.91 Å². The third-order valence-electron chi connectivity index (χ3n) is 3.89. The van der Waals surface area contributed by atoms with Crippen molar-refractivity contribution in [2.24, 2.45) is 0 Å². The van der Waals surface area contributed by atoms with Gasteiger partial charge < -0.3 is 10.2 Å². The van der Waals surface area contributed by atoms with Crippen LogP contribution in [0.5, 0.6) is 0 Å². The highest BCUT2D eigenvalue weighted by atomic mass is 32.2. The first-order valence-electron chi connectivity index (χ1n) is 7.61. The van der Waals surface area contributed by atoms with E-state index in [2.05, 4.69) is 5.32 Å². The third-order valence-corrected chi connectivity index (χ3v) is 6.10. The Morgan fingerprint density at radius 2 is 1.73 bits per heavy atom. The van der Waals surface area contributed by atoms with Crippen LogP contribution in [0.1, 0.15) is 38.1 Å². The lowest BCUT2D eigenvalue weighted by Crippen LogP contribution is -2.56. The van der Waals surface area contributed by atoms with Gasteiger partial charge in [0.2, 0.25) is 0 Å². The predicted octanol–water partition coefficient (Wildman–Crippen LogP) is 1.69. The highest BCUT2D eigenvalue weighted by molar-refractivity contribution is 7.92. The SMILES string of the molecule is CC1CN(C(=O)c2ccccc2S(=O)(=O)C(C)C)CC(C)N1. The summed E-state index contributed by atoms with van der Waals surface area (Å²) in [4.78, 5) is 14.7. The van der Waals surface area contributed by atoms with Gasteiger partial charge in [-0.1, -0.05) is 12.1 Å². The summed E-state index contributed by atoms with van der Waals surface area (Å²) in [5.74, 6) is -0.208. The number of sulfone groups is 1. The molecule has 22 heavy (non-hydrogen) atoms. The fourth-order valence-corrected chi connectivity index (χ4v) is 4.05. The summed E-state index contributed by atoms with van der Waals surface area (Å²) in [5, 5.41) is 2.81. The number of hydrogen-bond donors (Lipinski definition) is 1. The van der Waals surface area contributed by atoms with Crippen molar-refractivity contribution in [1.82, 2.24) is 10.2 Å². The lowest BCUT2D eigenvalue weighted by Gasteiger charge is -2.36. The molecule has 6 heteroatoms. The standard InChI is InChI=1S/C16H24N2O3S/c1-11(2)22(20,21)15-8-6-5-7-14(15)16(19)18-9-12(3)17-13(4)10-18/h5-8,11-13,17H,9-10H2,1-4H3. The molecule has 1 heterocycles. The van der Waals surface area contributed by atoms with Gasteiger partial charge in [-0.2, -0.15) is 0 Å². The first-order chi connectivity index (χ1) is 10.2. The van der Waals surface area contributed by atoms with Gasteiger partial charge in [-0.15, -0.1) is 0 Å². The molecule has 1 N–H and O–H groups in total. The Kier molecular flexibility index (Phi) is 4.92. The average molecular weight is 324 g/mol. The topological polar surface area (TPSA) is 66.5 Å². The van der Waals surface area contributed by atoms with E-state index in [-0.39, 0.29) is 28.4 Å². The van der Waals surface area contributed by atoms with E-state index in [1.165, 1.54) is 6.07 Å². The summed E-state index contributed by atoms with van der Waals surface area (Å²) >= 11 is 0. The van der Waals surface area contributed by atoms with Crippen LogP contribution in [0.2, 0.25) is 0 Å². The number of benzene rings is 1. The maximum absolute atomic E-state index is 12.8. The van der Waals surface area contributed by atoms with E-state index in [1.54, 1.807) is 36.9 Å². The first kappa shape index (κ1) is 17.0. The van der Waals surface area contributed by atoms with Crippen LogP contribution in [0.15, 0.2) is 29.2 Å². The van der Waals surface area contributed by atoms with E-state index in [0.29, 0.717) is 13.1 Å². The highest BCUT2D eigenvalue weighted by Gasteiger charge is 2.30. The first-order valence-corrected chi connectivity index (χ1v) is 9.16. The number of hydrogen-bond acceptors (Lipinski definition) is 4. The van der Waals surface area contributed by atoms with E-state index < -0.39 is 15.1 Å². The Bertz CT molecular complexity index is 645. The molecular formula is C16H24N2O3S. The Labute approximate surface area is 132 Å². The Morgan fingerprint density at radius 3 is 2.27 bits per heavy atom. The Morgan fingerprint density at radius 1 is 1.18 bits per heavy atom. The van der Waals surface area contributed by atoms with Gasteiger partial charge in [-0.05, 0) is 39.8 Å². The van der Waals surface area contributed by atoms with Crippen molar-refractivity contribution in [3.8, 4) is 0 Å². The summed E-state index contributed by atoms with van der Waals surface area (Å²) in [6.45, 7) is 8.47. The number of carbonyl (C=O) groups is 1. The largest absolute Gasteiger partial charge is 0.336 e. The van der Waals surface area contributed by atoms with E-state index in [9.17, 15) is 13.2 Å². The van der Waals surface area contributed by atoms with Gasteiger partial charge in [-0.3, -0.25) is 4.79 Å².